The van der Waals surface area contributed by atoms with Gasteiger partial charge in [-0.1, -0.05) is 34.1 Å². The van der Waals surface area contributed by atoms with Gasteiger partial charge in [-0.2, -0.15) is 0 Å². The lowest BCUT2D eigenvalue weighted by Gasteiger charge is -2.26. The fourth-order valence-corrected chi connectivity index (χ4v) is 2.13. The molecule has 1 aromatic carbocycles. The Morgan fingerprint density at radius 2 is 2.12 bits per heavy atom. The smallest absolute Gasteiger partial charge is 0.239 e. The monoisotopic (exact) mass is 297 g/mol. The number of halogens is 1. The number of amides is 1. The maximum absolute atomic E-state index is 12.2. The Balaban J connectivity index is 2.22. The summed E-state index contributed by atoms with van der Waals surface area (Å²) in [6, 6.07) is 7.87. The molecule has 3 nitrogen and oxygen atoms in total. The molecule has 0 aliphatic carbocycles. The number of carbonyl (C=O) groups is 1. The topological polar surface area (TPSA) is 29.5 Å². The van der Waals surface area contributed by atoms with Crippen molar-refractivity contribution in [3.8, 4) is 5.75 Å². The second kappa shape index (κ2) is 4.69. The van der Waals surface area contributed by atoms with Gasteiger partial charge in [-0.05, 0) is 19.9 Å². The fourth-order valence-electron chi connectivity index (χ4n) is 1.88. The molecule has 2 rings (SSSR count). The zero-order chi connectivity index (χ0) is 12.5. The number of ether oxygens (including phenoxy) is 1. The molecule has 0 saturated heterocycles. The lowest BCUT2D eigenvalue weighted by molar-refractivity contribution is -0.133. The van der Waals surface area contributed by atoms with Crippen molar-refractivity contribution in [3.05, 3.63) is 29.8 Å². The minimum absolute atomic E-state index is 0.0952. The number of hydrogen-bond acceptors (Lipinski definition) is 2. The largest absolute Gasteiger partial charge is 0.491 e. The summed E-state index contributed by atoms with van der Waals surface area (Å²) in [5.41, 5.74) is 1.06. The van der Waals surface area contributed by atoms with Crippen LogP contribution < -0.4 is 4.74 Å². The molecule has 1 aliphatic heterocycles. The first-order valence-electron chi connectivity index (χ1n) is 5.67. The van der Waals surface area contributed by atoms with Crippen LogP contribution in [0.5, 0.6) is 5.75 Å². The van der Waals surface area contributed by atoms with E-state index in [9.17, 15) is 4.79 Å². The van der Waals surface area contributed by atoms with Crippen molar-refractivity contribution in [1.29, 1.82) is 0 Å². The summed E-state index contributed by atoms with van der Waals surface area (Å²) < 4.78 is 5.11. The number of carbonyl (C=O) groups excluding carboxylic acids is 1. The van der Waals surface area contributed by atoms with Crippen LogP contribution in [0.2, 0.25) is 0 Å². The highest BCUT2D eigenvalue weighted by Gasteiger charge is 2.30. The van der Waals surface area contributed by atoms with Crippen LogP contribution in [0.15, 0.2) is 24.3 Å². The number of hydrogen-bond donors (Lipinski definition) is 0. The molecule has 0 atom stereocenters. The van der Waals surface area contributed by atoms with Crippen LogP contribution in [0.3, 0.4) is 0 Å². The molecule has 0 fully saturated rings. The van der Waals surface area contributed by atoms with Gasteiger partial charge in [0.1, 0.15) is 12.4 Å². The van der Waals surface area contributed by atoms with Crippen LogP contribution in [0.1, 0.15) is 19.4 Å². The van der Waals surface area contributed by atoms with E-state index in [1.54, 1.807) is 0 Å². The summed E-state index contributed by atoms with van der Waals surface area (Å²) in [7, 11) is 0. The van der Waals surface area contributed by atoms with Crippen molar-refractivity contribution in [2.24, 2.45) is 0 Å². The van der Waals surface area contributed by atoms with Gasteiger partial charge in [-0.25, -0.2) is 0 Å². The van der Waals surface area contributed by atoms with E-state index in [4.69, 9.17) is 4.74 Å². The van der Waals surface area contributed by atoms with Crippen molar-refractivity contribution in [2.75, 3.05) is 13.2 Å². The Labute approximate surface area is 110 Å². The van der Waals surface area contributed by atoms with Gasteiger partial charge in [0.15, 0.2) is 0 Å². The van der Waals surface area contributed by atoms with Crippen LogP contribution in [-0.4, -0.2) is 28.3 Å². The Hall–Kier alpha value is -1.03. The molecule has 0 aromatic heterocycles. The van der Waals surface area contributed by atoms with Gasteiger partial charge in [0.2, 0.25) is 5.91 Å². The van der Waals surface area contributed by atoms with Crippen LogP contribution in [0.25, 0.3) is 0 Å². The van der Waals surface area contributed by atoms with Gasteiger partial charge in [-0.3, -0.25) is 4.79 Å². The Bertz CT molecular complexity index is 426. The third kappa shape index (κ3) is 2.80. The maximum atomic E-state index is 12.2. The Morgan fingerprint density at radius 1 is 1.41 bits per heavy atom. The van der Waals surface area contributed by atoms with E-state index in [-0.39, 0.29) is 5.91 Å². The van der Waals surface area contributed by atoms with Crippen molar-refractivity contribution in [1.82, 2.24) is 4.90 Å². The first-order chi connectivity index (χ1) is 7.98. The van der Waals surface area contributed by atoms with E-state index in [2.05, 4.69) is 15.9 Å². The second-order valence-electron chi connectivity index (χ2n) is 4.66. The van der Waals surface area contributed by atoms with Crippen molar-refractivity contribution in [3.63, 3.8) is 0 Å². The van der Waals surface area contributed by atoms with Gasteiger partial charge >= 0.3 is 0 Å². The molecular weight excluding hydrogens is 282 g/mol. The molecule has 0 saturated carbocycles. The van der Waals surface area contributed by atoms with Crippen LogP contribution in [0, 0.1) is 0 Å². The zero-order valence-corrected chi connectivity index (χ0v) is 11.7. The number of alkyl halides is 1. The van der Waals surface area contributed by atoms with Gasteiger partial charge in [0.05, 0.1) is 10.9 Å². The summed E-state index contributed by atoms with van der Waals surface area (Å²) in [6.07, 6.45) is 0. The molecule has 4 heteroatoms. The van der Waals surface area contributed by atoms with Gasteiger partial charge in [0, 0.05) is 12.1 Å². The highest BCUT2D eigenvalue weighted by Crippen LogP contribution is 2.26. The van der Waals surface area contributed by atoms with E-state index in [1.807, 2.05) is 43.0 Å². The lowest BCUT2D eigenvalue weighted by atomic mass is 10.1. The summed E-state index contributed by atoms with van der Waals surface area (Å²) in [5, 5.41) is 0. The number of benzene rings is 1. The van der Waals surface area contributed by atoms with Gasteiger partial charge in [0.25, 0.3) is 0 Å². The summed E-state index contributed by atoms with van der Waals surface area (Å²) in [6.45, 7) is 5.53. The van der Waals surface area contributed by atoms with E-state index >= 15 is 0 Å². The summed E-state index contributed by atoms with van der Waals surface area (Å²) in [4.78, 5) is 14.0. The average Bonchev–Trinajstić information content (AvgIpc) is 2.48. The quantitative estimate of drug-likeness (QED) is 0.746. The summed E-state index contributed by atoms with van der Waals surface area (Å²) >= 11 is 3.41. The molecule has 1 heterocycles. The van der Waals surface area contributed by atoms with E-state index in [0.29, 0.717) is 19.7 Å². The van der Waals surface area contributed by atoms with Crippen molar-refractivity contribution >= 4 is 21.8 Å². The third-order valence-electron chi connectivity index (χ3n) is 2.75. The molecule has 1 aromatic rings. The van der Waals surface area contributed by atoms with Gasteiger partial charge < -0.3 is 9.64 Å². The minimum Gasteiger partial charge on any atom is -0.491 e. The zero-order valence-electron chi connectivity index (χ0n) is 10.1. The minimum atomic E-state index is -0.522. The van der Waals surface area contributed by atoms with E-state index < -0.39 is 4.32 Å². The predicted octanol–water partition coefficient (Wildman–Crippen LogP) is 2.58. The molecule has 0 N–H and O–H groups in total. The molecule has 0 bridgehead atoms. The third-order valence-corrected chi connectivity index (χ3v) is 3.09. The number of fused-ring (bicyclic) bond motifs is 1. The average molecular weight is 298 g/mol. The Kier molecular flexibility index (Phi) is 3.43. The van der Waals surface area contributed by atoms with Crippen molar-refractivity contribution in [2.45, 2.75) is 24.7 Å². The normalized spacial score (nSPS) is 15.8. The second-order valence-corrected chi connectivity index (χ2v) is 6.64. The first-order valence-corrected chi connectivity index (χ1v) is 6.47. The molecule has 1 amide bonds. The molecule has 1 aliphatic rings. The van der Waals surface area contributed by atoms with Crippen LogP contribution >= 0.6 is 15.9 Å². The Morgan fingerprint density at radius 3 is 2.82 bits per heavy atom. The van der Waals surface area contributed by atoms with Gasteiger partial charge in [-0.15, -0.1) is 0 Å². The first kappa shape index (κ1) is 12.4. The van der Waals surface area contributed by atoms with Crippen LogP contribution in [-0.2, 0) is 11.3 Å². The molecule has 17 heavy (non-hydrogen) atoms. The number of para-hydroxylation sites is 1. The van der Waals surface area contributed by atoms with E-state index in [1.165, 1.54) is 0 Å². The molecule has 0 radical (unpaired) electrons. The highest BCUT2D eigenvalue weighted by molar-refractivity contribution is 9.10. The van der Waals surface area contributed by atoms with Crippen molar-refractivity contribution < 1.29 is 9.53 Å². The molecule has 0 unspecified atom stereocenters. The molecule has 92 valence electrons. The maximum Gasteiger partial charge on any atom is 0.239 e. The van der Waals surface area contributed by atoms with E-state index in [0.717, 1.165) is 11.3 Å². The standard InChI is InChI=1S/C13H16BrNO2/c1-13(2,14)12(16)15-7-8-17-11-6-4-3-5-10(11)9-15/h3-6H,7-9H2,1-2H3. The molecular formula is C13H16BrNO2. The summed E-state index contributed by atoms with van der Waals surface area (Å²) in [5.74, 6) is 0.980. The number of nitrogens with zero attached hydrogens (tertiary/aromatic N) is 1. The predicted molar refractivity (Wildman–Crippen MR) is 70.4 cm³/mol. The molecule has 0 spiro atoms. The number of rotatable bonds is 1. The fraction of sp³-hybridized carbons (Fsp3) is 0.462. The lowest BCUT2D eigenvalue weighted by Crippen LogP contribution is -2.42. The highest BCUT2D eigenvalue weighted by atomic mass is 79.9. The van der Waals surface area contributed by atoms with Crippen LogP contribution in [0.4, 0.5) is 0 Å². The SMILES string of the molecule is CC(C)(Br)C(=O)N1CCOc2ccccc2C1.